The maximum absolute atomic E-state index is 13.1. The van der Waals surface area contributed by atoms with Crippen LogP contribution in [0, 0.1) is 5.82 Å². The fourth-order valence-corrected chi connectivity index (χ4v) is 2.30. The van der Waals surface area contributed by atoms with Crippen LogP contribution in [0.3, 0.4) is 0 Å². The van der Waals surface area contributed by atoms with Gasteiger partial charge in [-0.1, -0.05) is 18.2 Å². The van der Waals surface area contributed by atoms with E-state index in [1.807, 2.05) is 24.3 Å². The van der Waals surface area contributed by atoms with E-state index in [1.165, 1.54) is 12.1 Å². The number of anilines is 1. The number of halogens is 1. The second-order valence-corrected chi connectivity index (χ2v) is 4.88. The number of carbonyl (C=O) groups excluding carboxylic acids is 1. The molecule has 0 amide bonds. The molecule has 1 aliphatic heterocycles. The highest BCUT2D eigenvalue weighted by atomic mass is 19.1. The Morgan fingerprint density at radius 1 is 1.33 bits per heavy atom. The molecule has 0 fully saturated rings. The van der Waals surface area contributed by atoms with Crippen LogP contribution in [0.2, 0.25) is 0 Å². The van der Waals surface area contributed by atoms with Gasteiger partial charge in [0, 0.05) is 12.1 Å². The summed E-state index contributed by atoms with van der Waals surface area (Å²) in [5.41, 5.74) is 6.96. The molecule has 108 valence electrons. The van der Waals surface area contributed by atoms with E-state index in [0.29, 0.717) is 6.42 Å². The number of hydrogen-bond acceptors (Lipinski definition) is 4. The lowest BCUT2D eigenvalue weighted by Crippen LogP contribution is -2.23. The number of hydrogen-bond donors (Lipinski definition) is 1. The van der Waals surface area contributed by atoms with Gasteiger partial charge < -0.3 is 15.2 Å². The number of ether oxygens (including phenoxy) is 2. The number of rotatable bonds is 3. The topological polar surface area (TPSA) is 61.6 Å². The molecule has 4 nitrogen and oxygen atoms in total. The molecule has 0 radical (unpaired) electrons. The molecule has 0 spiro atoms. The Labute approximate surface area is 121 Å². The molecule has 0 aliphatic carbocycles. The van der Waals surface area contributed by atoms with Crippen LogP contribution in [0.5, 0.6) is 5.75 Å². The molecule has 0 saturated heterocycles. The number of nitrogen functional groups attached to an aromatic ring is 1. The molecule has 0 saturated carbocycles. The predicted molar refractivity (Wildman–Crippen MR) is 75.7 cm³/mol. The predicted octanol–water partition coefficient (Wildman–Crippen LogP) is 2.57. The molecule has 2 aromatic rings. The Morgan fingerprint density at radius 2 is 2.14 bits per heavy atom. The molecule has 1 unspecified atom stereocenters. The maximum atomic E-state index is 13.1. The molecule has 2 N–H and O–H groups in total. The average molecular weight is 287 g/mol. The zero-order chi connectivity index (χ0) is 14.8. The molecule has 2 aromatic carbocycles. The highest BCUT2D eigenvalue weighted by Crippen LogP contribution is 2.28. The summed E-state index contributed by atoms with van der Waals surface area (Å²) in [5, 5.41) is 0. The lowest BCUT2D eigenvalue weighted by molar-refractivity contribution is 0.0347. The van der Waals surface area contributed by atoms with Crippen molar-refractivity contribution in [1.82, 2.24) is 0 Å². The number of esters is 1. The molecule has 1 heterocycles. The first-order chi connectivity index (χ1) is 10.1. The first-order valence-corrected chi connectivity index (χ1v) is 6.60. The van der Waals surface area contributed by atoms with Crippen molar-refractivity contribution in [3.8, 4) is 5.75 Å². The van der Waals surface area contributed by atoms with Crippen molar-refractivity contribution in [1.29, 1.82) is 0 Å². The number of carbonyl (C=O) groups is 1. The SMILES string of the molecule is Nc1ccc(F)cc1C(=O)OCC1Cc2ccccc2O1. The quantitative estimate of drug-likeness (QED) is 0.696. The van der Waals surface area contributed by atoms with Crippen LogP contribution in [0.25, 0.3) is 0 Å². The Bertz CT molecular complexity index is 662. The normalized spacial score (nSPS) is 16.1. The lowest BCUT2D eigenvalue weighted by Gasteiger charge is -2.12. The first-order valence-electron chi connectivity index (χ1n) is 6.60. The summed E-state index contributed by atoms with van der Waals surface area (Å²) in [7, 11) is 0. The van der Waals surface area contributed by atoms with E-state index in [9.17, 15) is 9.18 Å². The molecule has 1 aliphatic rings. The van der Waals surface area contributed by atoms with Crippen LogP contribution >= 0.6 is 0 Å². The third kappa shape index (κ3) is 2.81. The highest BCUT2D eigenvalue weighted by molar-refractivity contribution is 5.95. The van der Waals surface area contributed by atoms with Gasteiger partial charge in [-0.05, 0) is 29.8 Å². The zero-order valence-electron chi connectivity index (χ0n) is 11.2. The Morgan fingerprint density at radius 3 is 2.95 bits per heavy atom. The van der Waals surface area contributed by atoms with Crippen molar-refractivity contribution >= 4 is 11.7 Å². The first kappa shape index (κ1) is 13.4. The van der Waals surface area contributed by atoms with E-state index >= 15 is 0 Å². The third-order valence-corrected chi connectivity index (χ3v) is 3.35. The standard InChI is InChI=1S/C16H14FNO3/c17-11-5-6-14(18)13(8-11)16(19)20-9-12-7-10-3-1-2-4-15(10)21-12/h1-6,8,12H,7,9,18H2. The molecule has 0 aromatic heterocycles. The van der Waals surface area contributed by atoms with Gasteiger partial charge in [-0.25, -0.2) is 9.18 Å². The molecule has 3 rings (SSSR count). The van der Waals surface area contributed by atoms with Crippen molar-refractivity contribution in [2.24, 2.45) is 0 Å². The van der Waals surface area contributed by atoms with E-state index in [2.05, 4.69) is 0 Å². The minimum Gasteiger partial charge on any atom is -0.486 e. The summed E-state index contributed by atoms with van der Waals surface area (Å²) < 4.78 is 24.0. The van der Waals surface area contributed by atoms with Gasteiger partial charge in [-0.2, -0.15) is 0 Å². The van der Waals surface area contributed by atoms with E-state index in [0.717, 1.165) is 17.4 Å². The number of fused-ring (bicyclic) bond motifs is 1. The van der Waals surface area contributed by atoms with Crippen LogP contribution in [-0.4, -0.2) is 18.7 Å². The van der Waals surface area contributed by atoms with Gasteiger partial charge >= 0.3 is 5.97 Å². The monoisotopic (exact) mass is 287 g/mol. The minimum absolute atomic E-state index is 0.0329. The molecule has 21 heavy (non-hydrogen) atoms. The summed E-state index contributed by atoms with van der Waals surface area (Å²) in [4.78, 5) is 11.9. The van der Waals surface area contributed by atoms with Crippen molar-refractivity contribution in [3.63, 3.8) is 0 Å². The zero-order valence-corrected chi connectivity index (χ0v) is 11.2. The largest absolute Gasteiger partial charge is 0.486 e. The number of para-hydroxylation sites is 1. The summed E-state index contributed by atoms with van der Waals surface area (Å²) in [6.45, 7) is 0.101. The molecular weight excluding hydrogens is 273 g/mol. The van der Waals surface area contributed by atoms with Crippen molar-refractivity contribution in [3.05, 3.63) is 59.4 Å². The second-order valence-electron chi connectivity index (χ2n) is 4.88. The number of benzene rings is 2. The fraction of sp³-hybridized carbons (Fsp3) is 0.188. The summed E-state index contributed by atoms with van der Waals surface area (Å²) in [5.74, 6) is -0.365. The Kier molecular flexibility index (Phi) is 3.48. The van der Waals surface area contributed by atoms with Gasteiger partial charge in [0.2, 0.25) is 0 Å². The lowest BCUT2D eigenvalue weighted by atomic mass is 10.1. The van der Waals surface area contributed by atoms with Crippen molar-refractivity contribution in [2.45, 2.75) is 12.5 Å². The van der Waals surface area contributed by atoms with Gasteiger partial charge in [0.15, 0.2) is 0 Å². The van der Waals surface area contributed by atoms with Crippen LogP contribution in [-0.2, 0) is 11.2 Å². The number of nitrogens with two attached hydrogens (primary N) is 1. The van der Waals surface area contributed by atoms with Gasteiger partial charge in [-0.15, -0.1) is 0 Å². The Hall–Kier alpha value is -2.56. The highest BCUT2D eigenvalue weighted by Gasteiger charge is 2.24. The average Bonchev–Trinajstić information content (AvgIpc) is 2.90. The summed E-state index contributed by atoms with van der Waals surface area (Å²) in [6, 6.07) is 11.3. The third-order valence-electron chi connectivity index (χ3n) is 3.35. The van der Waals surface area contributed by atoms with E-state index < -0.39 is 11.8 Å². The summed E-state index contributed by atoms with van der Waals surface area (Å²) >= 11 is 0. The van der Waals surface area contributed by atoms with Crippen LogP contribution in [0.15, 0.2) is 42.5 Å². The van der Waals surface area contributed by atoms with Crippen molar-refractivity contribution < 1.29 is 18.7 Å². The molecule has 1 atom stereocenters. The van der Waals surface area contributed by atoms with Crippen molar-refractivity contribution in [2.75, 3.05) is 12.3 Å². The molecule has 5 heteroatoms. The van der Waals surface area contributed by atoms with Crippen LogP contribution < -0.4 is 10.5 Å². The van der Waals surface area contributed by atoms with E-state index in [1.54, 1.807) is 0 Å². The van der Waals surface area contributed by atoms with Gasteiger partial charge in [0.25, 0.3) is 0 Å². The Balaban J connectivity index is 1.61. The molecule has 0 bridgehead atoms. The van der Waals surface area contributed by atoms with Crippen LogP contribution in [0.1, 0.15) is 15.9 Å². The fourth-order valence-electron chi connectivity index (χ4n) is 2.30. The van der Waals surface area contributed by atoms with Gasteiger partial charge in [0.1, 0.15) is 24.3 Å². The van der Waals surface area contributed by atoms with Crippen LogP contribution in [0.4, 0.5) is 10.1 Å². The molecular formula is C16H14FNO3. The van der Waals surface area contributed by atoms with Gasteiger partial charge in [-0.3, -0.25) is 0 Å². The summed E-state index contributed by atoms with van der Waals surface area (Å²) in [6.07, 6.45) is 0.461. The van der Waals surface area contributed by atoms with E-state index in [-0.39, 0.29) is 24.0 Å². The van der Waals surface area contributed by atoms with Gasteiger partial charge in [0.05, 0.1) is 5.56 Å². The second kappa shape index (κ2) is 5.44. The minimum atomic E-state index is -0.647. The smallest absolute Gasteiger partial charge is 0.340 e. The maximum Gasteiger partial charge on any atom is 0.340 e. The van der Waals surface area contributed by atoms with E-state index in [4.69, 9.17) is 15.2 Å².